The molecular formula is C23H34O5. The molecule has 4 fully saturated rings. The van der Waals surface area contributed by atoms with Gasteiger partial charge >= 0.3 is 11.9 Å². The fourth-order valence-corrected chi connectivity index (χ4v) is 7.87. The van der Waals surface area contributed by atoms with Crippen LogP contribution in [-0.2, 0) is 23.9 Å². The molecule has 4 aliphatic carbocycles. The third-order valence-electron chi connectivity index (χ3n) is 8.65. The van der Waals surface area contributed by atoms with Crippen LogP contribution in [0.25, 0.3) is 0 Å². The number of hydrogen-bond donors (Lipinski definition) is 0. The van der Waals surface area contributed by atoms with Crippen LogP contribution in [0.4, 0.5) is 0 Å². The Morgan fingerprint density at radius 1 is 1.00 bits per heavy atom. The zero-order valence-electron chi connectivity index (χ0n) is 17.7. The molecule has 0 bridgehead atoms. The van der Waals surface area contributed by atoms with Crippen molar-refractivity contribution in [2.45, 2.75) is 91.3 Å². The smallest absolute Gasteiger partial charge is 0.302 e. The molecule has 0 aromatic heterocycles. The van der Waals surface area contributed by atoms with E-state index in [9.17, 15) is 14.4 Å². The second-order valence-corrected chi connectivity index (χ2v) is 10.4. The summed E-state index contributed by atoms with van der Waals surface area (Å²) < 4.78 is 11.3. The van der Waals surface area contributed by atoms with Gasteiger partial charge in [-0.15, -0.1) is 0 Å². The Labute approximate surface area is 167 Å². The zero-order chi connectivity index (χ0) is 20.3. The normalized spacial score (nSPS) is 47.5. The van der Waals surface area contributed by atoms with Crippen molar-refractivity contribution in [3.8, 4) is 0 Å². The molecule has 156 valence electrons. The first-order valence-corrected chi connectivity index (χ1v) is 11.0. The summed E-state index contributed by atoms with van der Waals surface area (Å²) in [5.74, 6) is 1.10. The lowest BCUT2D eigenvalue weighted by atomic mass is 9.44. The molecule has 0 radical (unpaired) electrons. The predicted molar refractivity (Wildman–Crippen MR) is 103 cm³/mol. The van der Waals surface area contributed by atoms with Gasteiger partial charge in [-0.2, -0.15) is 0 Å². The average Bonchev–Trinajstić information content (AvgIpc) is 2.88. The minimum absolute atomic E-state index is 0.0457. The summed E-state index contributed by atoms with van der Waals surface area (Å²) >= 11 is 0. The molecule has 5 nitrogen and oxygen atoms in total. The third-order valence-corrected chi connectivity index (χ3v) is 8.65. The van der Waals surface area contributed by atoms with Gasteiger partial charge in [0, 0.05) is 32.1 Å². The van der Waals surface area contributed by atoms with Crippen LogP contribution in [0.5, 0.6) is 0 Å². The molecule has 4 rings (SSSR count). The van der Waals surface area contributed by atoms with Crippen LogP contribution in [-0.4, -0.2) is 29.9 Å². The van der Waals surface area contributed by atoms with Crippen LogP contribution in [0.2, 0.25) is 0 Å². The van der Waals surface area contributed by atoms with Crippen LogP contribution < -0.4 is 0 Å². The van der Waals surface area contributed by atoms with Gasteiger partial charge in [-0.05, 0) is 67.6 Å². The van der Waals surface area contributed by atoms with E-state index >= 15 is 0 Å². The van der Waals surface area contributed by atoms with Gasteiger partial charge in [-0.1, -0.05) is 13.8 Å². The van der Waals surface area contributed by atoms with E-state index in [1.807, 2.05) is 0 Å². The summed E-state index contributed by atoms with van der Waals surface area (Å²) in [4.78, 5) is 36.6. The number of rotatable bonds is 2. The minimum atomic E-state index is -0.220. The first kappa shape index (κ1) is 19.9. The molecule has 0 aromatic rings. The molecule has 0 unspecified atom stereocenters. The molecule has 0 N–H and O–H groups in total. The topological polar surface area (TPSA) is 69.7 Å². The summed E-state index contributed by atoms with van der Waals surface area (Å²) in [5.41, 5.74) is -0.134. The summed E-state index contributed by atoms with van der Waals surface area (Å²) in [6.45, 7) is 7.47. The van der Waals surface area contributed by atoms with Crippen molar-refractivity contribution < 1.29 is 23.9 Å². The fraction of sp³-hybridized carbons (Fsp3) is 0.870. The Bertz CT molecular complexity index is 686. The quantitative estimate of drug-likeness (QED) is 0.665. The fourth-order valence-electron chi connectivity index (χ4n) is 7.87. The monoisotopic (exact) mass is 390 g/mol. The summed E-state index contributed by atoms with van der Waals surface area (Å²) in [6.07, 6.45) is 7.20. The van der Waals surface area contributed by atoms with Crippen molar-refractivity contribution in [3.63, 3.8) is 0 Å². The molecule has 0 heterocycles. The highest BCUT2D eigenvalue weighted by Gasteiger charge is 2.63. The van der Waals surface area contributed by atoms with Crippen molar-refractivity contribution in [2.24, 2.45) is 34.5 Å². The van der Waals surface area contributed by atoms with Crippen molar-refractivity contribution in [2.75, 3.05) is 0 Å². The molecule has 0 aliphatic heterocycles. The van der Waals surface area contributed by atoms with Gasteiger partial charge in [0.25, 0.3) is 0 Å². The summed E-state index contributed by atoms with van der Waals surface area (Å²) in [5, 5.41) is 0. The molecule has 5 heteroatoms. The number of hydrogen-bond acceptors (Lipinski definition) is 5. The van der Waals surface area contributed by atoms with Crippen LogP contribution in [0.15, 0.2) is 0 Å². The number of ketones is 1. The standard InChI is InChI=1S/C23H34O5/c1-13(24)27-15-10-18-16-7-8-17-20(28-14(2)25)6-5-9-23(17,4)21(16)19(26)12-22(18,3)11-15/h15-18,20-21H,5-12H2,1-4H3/t15-,16-,17-,18-,20+,21+,22-,23-/m0/s1. The number of carbonyl (C=O) groups is 3. The Balaban J connectivity index is 1.62. The van der Waals surface area contributed by atoms with Gasteiger partial charge in [-0.25, -0.2) is 0 Å². The molecule has 0 amide bonds. The van der Waals surface area contributed by atoms with E-state index in [1.165, 1.54) is 13.8 Å². The van der Waals surface area contributed by atoms with Crippen molar-refractivity contribution in [1.29, 1.82) is 0 Å². The molecule has 0 saturated heterocycles. The van der Waals surface area contributed by atoms with E-state index in [2.05, 4.69) is 13.8 Å². The number of fused-ring (bicyclic) bond motifs is 5. The molecule has 0 aromatic carbocycles. The Morgan fingerprint density at radius 3 is 2.39 bits per heavy atom. The third kappa shape index (κ3) is 3.09. The number of Topliss-reactive ketones (excluding diaryl/α,β-unsaturated/α-hetero) is 1. The van der Waals surface area contributed by atoms with Gasteiger partial charge < -0.3 is 9.47 Å². The first-order valence-electron chi connectivity index (χ1n) is 11.0. The second-order valence-electron chi connectivity index (χ2n) is 10.4. The molecule has 0 spiro atoms. The maximum absolute atomic E-state index is 13.5. The van der Waals surface area contributed by atoms with Crippen LogP contribution in [0.3, 0.4) is 0 Å². The van der Waals surface area contributed by atoms with E-state index in [1.54, 1.807) is 0 Å². The van der Waals surface area contributed by atoms with Gasteiger partial charge in [0.1, 0.15) is 18.0 Å². The lowest BCUT2D eigenvalue weighted by Gasteiger charge is -2.59. The zero-order valence-corrected chi connectivity index (χ0v) is 17.7. The van der Waals surface area contributed by atoms with Gasteiger partial charge in [-0.3, -0.25) is 14.4 Å². The maximum Gasteiger partial charge on any atom is 0.302 e. The van der Waals surface area contributed by atoms with Gasteiger partial charge in [0.2, 0.25) is 0 Å². The first-order chi connectivity index (χ1) is 13.1. The second kappa shape index (κ2) is 6.84. The van der Waals surface area contributed by atoms with E-state index in [-0.39, 0.29) is 46.8 Å². The van der Waals surface area contributed by atoms with Crippen LogP contribution in [0, 0.1) is 34.5 Å². The van der Waals surface area contributed by atoms with Crippen LogP contribution in [0.1, 0.15) is 79.1 Å². The van der Waals surface area contributed by atoms with Gasteiger partial charge in [0.15, 0.2) is 0 Å². The highest BCUT2D eigenvalue weighted by molar-refractivity contribution is 5.84. The SMILES string of the molecule is CC(=O)O[C@H]1C[C@H]2[C@@H]3CC[C@H]4[C@H](OC(C)=O)CCC[C@]4(C)[C@H]3C(=O)C[C@]2(C)C1. The Morgan fingerprint density at radius 2 is 1.71 bits per heavy atom. The van der Waals surface area contributed by atoms with Gasteiger partial charge in [0.05, 0.1) is 0 Å². The van der Waals surface area contributed by atoms with Crippen molar-refractivity contribution in [3.05, 3.63) is 0 Å². The lowest BCUT2D eigenvalue weighted by molar-refractivity contribution is -0.177. The van der Waals surface area contributed by atoms with E-state index in [0.29, 0.717) is 24.0 Å². The predicted octanol–water partition coefficient (Wildman–Crippen LogP) is 4.07. The number of ether oxygens (including phenoxy) is 2. The minimum Gasteiger partial charge on any atom is -0.463 e. The Kier molecular flexibility index (Phi) is 4.86. The molecule has 4 aliphatic rings. The largest absolute Gasteiger partial charge is 0.463 e. The number of esters is 2. The average molecular weight is 391 g/mol. The molecule has 8 atom stereocenters. The number of carbonyl (C=O) groups excluding carboxylic acids is 3. The van der Waals surface area contributed by atoms with Crippen molar-refractivity contribution >= 4 is 17.7 Å². The van der Waals surface area contributed by atoms with E-state index in [0.717, 1.165) is 44.9 Å². The van der Waals surface area contributed by atoms with E-state index in [4.69, 9.17) is 9.47 Å². The lowest BCUT2D eigenvalue weighted by Crippen LogP contribution is -2.58. The highest BCUT2D eigenvalue weighted by atomic mass is 16.5. The summed E-state index contributed by atoms with van der Waals surface area (Å²) in [7, 11) is 0. The summed E-state index contributed by atoms with van der Waals surface area (Å²) in [6, 6.07) is 0. The van der Waals surface area contributed by atoms with E-state index < -0.39 is 0 Å². The molecule has 28 heavy (non-hydrogen) atoms. The Hall–Kier alpha value is -1.39. The maximum atomic E-state index is 13.5. The van der Waals surface area contributed by atoms with Crippen molar-refractivity contribution in [1.82, 2.24) is 0 Å². The molecular weight excluding hydrogens is 356 g/mol. The van der Waals surface area contributed by atoms with Crippen LogP contribution >= 0.6 is 0 Å². The highest BCUT2D eigenvalue weighted by Crippen LogP contribution is 2.65. The molecule has 4 saturated carbocycles.